The van der Waals surface area contributed by atoms with E-state index in [9.17, 15) is 4.79 Å². The van der Waals surface area contributed by atoms with Crippen LogP contribution in [-0.2, 0) is 15.9 Å². The van der Waals surface area contributed by atoms with Crippen LogP contribution >= 0.6 is 22.9 Å². The van der Waals surface area contributed by atoms with E-state index in [2.05, 4.69) is 36.2 Å². The number of aromatic nitrogens is 2. The normalized spacial score (nSPS) is 17.1. The average Bonchev–Trinajstić information content (AvgIpc) is 3.42. The van der Waals surface area contributed by atoms with Gasteiger partial charge in [-0.05, 0) is 58.6 Å². The lowest BCUT2D eigenvalue weighted by molar-refractivity contribution is -0.0637. The molecule has 0 aliphatic carbocycles. The molecule has 1 unspecified atom stereocenters. The van der Waals surface area contributed by atoms with Gasteiger partial charge < -0.3 is 14.2 Å². The number of carbonyl (C=O) groups is 1. The van der Waals surface area contributed by atoms with Gasteiger partial charge in [-0.2, -0.15) is 0 Å². The Bertz CT molecular complexity index is 1320. The van der Waals surface area contributed by atoms with Gasteiger partial charge in [0.1, 0.15) is 27.9 Å². The van der Waals surface area contributed by atoms with E-state index in [-0.39, 0.29) is 24.0 Å². The fourth-order valence-corrected chi connectivity index (χ4v) is 5.56. The predicted molar refractivity (Wildman–Crippen MR) is 152 cm³/mol. The molecule has 39 heavy (non-hydrogen) atoms. The van der Waals surface area contributed by atoms with Crippen molar-refractivity contribution in [2.45, 2.75) is 72.3 Å². The minimum Gasteiger partial charge on any atom is -0.488 e. The molecule has 3 aromatic rings. The number of ether oxygens (including phenoxy) is 3. The Morgan fingerprint density at radius 1 is 1.21 bits per heavy atom. The summed E-state index contributed by atoms with van der Waals surface area (Å²) in [5, 5.41) is 10.1. The topological polar surface area (TPSA) is 73.8 Å². The Morgan fingerprint density at radius 3 is 2.51 bits per heavy atom. The molecule has 2 heterocycles. The van der Waals surface area contributed by atoms with Gasteiger partial charge in [-0.1, -0.05) is 61.1 Å². The Balaban J connectivity index is 1.47. The highest BCUT2D eigenvalue weighted by Gasteiger charge is 2.46. The van der Waals surface area contributed by atoms with Gasteiger partial charge in [0, 0.05) is 17.2 Å². The summed E-state index contributed by atoms with van der Waals surface area (Å²) in [5.74, 6) is -0.0375. The number of hydrogen-bond donors (Lipinski definition) is 0. The second-order valence-electron chi connectivity index (χ2n) is 11.5. The lowest BCUT2D eigenvalue weighted by Crippen LogP contribution is -2.51. The molecule has 1 amide bonds. The van der Waals surface area contributed by atoms with Gasteiger partial charge in [0.2, 0.25) is 0 Å². The quantitative estimate of drug-likeness (QED) is 0.288. The van der Waals surface area contributed by atoms with Crippen molar-refractivity contribution in [3.8, 4) is 26.9 Å². The number of hydrogen-bond acceptors (Lipinski definition) is 7. The van der Waals surface area contributed by atoms with Crippen LogP contribution < -0.4 is 4.74 Å². The Labute approximate surface area is 238 Å². The van der Waals surface area contributed by atoms with Crippen molar-refractivity contribution in [2.24, 2.45) is 5.92 Å². The number of carbonyl (C=O) groups excluding carboxylic acids is 1. The maximum absolute atomic E-state index is 15.1. The molecule has 2 aromatic carbocycles. The second kappa shape index (κ2) is 11.4. The van der Waals surface area contributed by atoms with Crippen molar-refractivity contribution in [1.82, 2.24) is 15.1 Å². The van der Waals surface area contributed by atoms with Crippen LogP contribution in [0, 0.1) is 11.7 Å². The smallest absolute Gasteiger partial charge is 0.413 e. The maximum atomic E-state index is 15.1. The van der Waals surface area contributed by atoms with E-state index in [1.165, 1.54) is 33.9 Å². The third-order valence-electron chi connectivity index (χ3n) is 6.12. The van der Waals surface area contributed by atoms with Crippen LogP contribution in [-0.4, -0.2) is 51.8 Å². The number of nitrogens with zero attached hydrogens (tertiary/aromatic N) is 3. The van der Waals surface area contributed by atoms with E-state index < -0.39 is 29.3 Å². The van der Waals surface area contributed by atoms with E-state index in [1.54, 1.807) is 34.6 Å². The highest BCUT2D eigenvalue weighted by atomic mass is 35.5. The molecule has 10 heteroatoms. The van der Waals surface area contributed by atoms with Crippen LogP contribution in [0.15, 0.2) is 36.4 Å². The Morgan fingerprint density at radius 2 is 1.87 bits per heavy atom. The summed E-state index contributed by atoms with van der Waals surface area (Å²) in [6.07, 6.45) is 0.490. The molecule has 1 fully saturated rings. The third kappa shape index (κ3) is 7.07. The predicted octanol–water partition coefficient (Wildman–Crippen LogP) is 7.61. The zero-order chi connectivity index (χ0) is 28.5. The Kier molecular flexibility index (Phi) is 8.54. The zero-order valence-electron chi connectivity index (χ0n) is 23.4. The Hall–Kier alpha value is -2.75. The van der Waals surface area contributed by atoms with Crippen molar-refractivity contribution >= 4 is 29.0 Å². The molecule has 1 atom stereocenters. The number of amides is 1. The molecule has 210 valence electrons. The van der Waals surface area contributed by atoms with Crippen LogP contribution in [0.5, 0.6) is 5.75 Å². The summed E-state index contributed by atoms with van der Waals surface area (Å²) in [6.45, 7) is 13.5. The monoisotopic (exact) mass is 575 g/mol. The molecule has 0 radical (unpaired) electrons. The molecule has 1 aliphatic rings. The van der Waals surface area contributed by atoms with Gasteiger partial charge in [-0.3, -0.25) is 4.90 Å². The van der Waals surface area contributed by atoms with Crippen molar-refractivity contribution < 1.29 is 23.4 Å². The summed E-state index contributed by atoms with van der Waals surface area (Å²) in [4.78, 5) is 14.3. The van der Waals surface area contributed by atoms with E-state index in [4.69, 9.17) is 25.8 Å². The number of halogens is 2. The summed E-state index contributed by atoms with van der Waals surface area (Å²) in [6, 6.07) is 10.5. The second-order valence-corrected chi connectivity index (χ2v) is 12.9. The molecule has 7 nitrogen and oxygen atoms in total. The van der Waals surface area contributed by atoms with Crippen molar-refractivity contribution in [3.05, 3.63) is 52.8 Å². The van der Waals surface area contributed by atoms with Gasteiger partial charge >= 0.3 is 6.09 Å². The lowest BCUT2D eigenvalue weighted by Gasteiger charge is -2.35. The molecular formula is C29H35ClFN3O4S. The summed E-state index contributed by atoms with van der Waals surface area (Å²) in [5.41, 5.74) is 1.08. The fourth-order valence-electron chi connectivity index (χ4n) is 4.38. The van der Waals surface area contributed by atoms with Crippen LogP contribution in [0.4, 0.5) is 9.18 Å². The summed E-state index contributed by atoms with van der Waals surface area (Å²) in [7, 11) is 0. The molecule has 0 saturated carbocycles. The first-order valence-electron chi connectivity index (χ1n) is 12.9. The third-order valence-corrected chi connectivity index (χ3v) is 7.44. The molecule has 0 spiro atoms. The standard InChI is InChI=1S/C29H35ClFN3O4S/c1-17(2)12-18-8-10-19(11-9-18)25-32-33-26(39-25)21-13-23(31)24(14-22(21)30)36-15-20-16-37-29(6,7)34(20)27(35)38-28(3,4)5/h8-11,13-14,17,20H,12,15-16H2,1-7H3. The van der Waals surface area contributed by atoms with E-state index in [0.29, 0.717) is 16.5 Å². The molecule has 1 saturated heterocycles. The van der Waals surface area contributed by atoms with Gasteiger partial charge in [-0.25, -0.2) is 9.18 Å². The minimum atomic E-state index is -0.888. The van der Waals surface area contributed by atoms with Gasteiger partial charge in [-0.15, -0.1) is 10.2 Å². The minimum absolute atomic E-state index is 0.00499. The van der Waals surface area contributed by atoms with E-state index in [0.717, 1.165) is 17.0 Å². The van der Waals surface area contributed by atoms with Crippen LogP contribution in [0.2, 0.25) is 5.02 Å². The average molecular weight is 576 g/mol. The molecule has 4 rings (SSSR count). The van der Waals surface area contributed by atoms with Crippen molar-refractivity contribution in [2.75, 3.05) is 13.2 Å². The summed E-state index contributed by atoms with van der Waals surface area (Å²) < 4.78 is 32.3. The highest BCUT2D eigenvalue weighted by Crippen LogP contribution is 2.38. The first kappa shape index (κ1) is 29.2. The highest BCUT2D eigenvalue weighted by molar-refractivity contribution is 7.18. The molecule has 1 aliphatic heterocycles. The van der Waals surface area contributed by atoms with E-state index >= 15 is 4.39 Å². The largest absolute Gasteiger partial charge is 0.488 e. The van der Waals surface area contributed by atoms with Gasteiger partial charge in [0.15, 0.2) is 11.6 Å². The van der Waals surface area contributed by atoms with Crippen LogP contribution in [0.25, 0.3) is 21.1 Å². The molecule has 0 bridgehead atoms. The SMILES string of the molecule is CC(C)Cc1ccc(-c2nnc(-c3cc(F)c(OCC4COC(C)(C)N4C(=O)OC(C)(C)C)cc3Cl)s2)cc1. The number of benzene rings is 2. The van der Waals surface area contributed by atoms with Crippen molar-refractivity contribution in [1.29, 1.82) is 0 Å². The number of rotatable bonds is 7. The molecular weight excluding hydrogens is 541 g/mol. The van der Waals surface area contributed by atoms with Crippen molar-refractivity contribution in [3.63, 3.8) is 0 Å². The molecule has 0 N–H and O–H groups in total. The first-order valence-corrected chi connectivity index (χ1v) is 14.1. The van der Waals surface area contributed by atoms with E-state index in [1.807, 2.05) is 12.1 Å². The first-order chi connectivity index (χ1) is 18.2. The van der Waals surface area contributed by atoms with Crippen LogP contribution in [0.3, 0.4) is 0 Å². The summed E-state index contributed by atoms with van der Waals surface area (Å²) >= 11 is 7.88. The fraction of sp³-hybridized carbons (Fsp3) is 0.483. The zero-order valence-corrected chi connectivity index (χ0v) is 25.0. The van der Waals surface area contributed by atoms with Crippen LogP contribution in [0.1, 0.15) is 54.0 Å². The molecule has 1 aromatic heterocycles. The maximum Gasteiger partial charge on any atom is 0.413 e. The lowest BCUT2D eigenvalue weighted by atomic mass is 10.0. The van der Waals surface area contributed by atoms with Gasteiger partial charge in [0.05, 0.1) is 17.7 Å². The van der Waals surface area contributed by atoms with Gasteiger partial charge in [0.25, 0.3) is 0 Å².